The van der Waals surface area contributed by atoms with Gasteiger partial charge in [-0.05, 0) is 12.1 Å². The Bertz CT molecular complexity index is 466. The van der Waals surface area contributed by atoms with Gasteiger partial charge in [0.15, 0.2) is 6.29 Å². The second kappa shape index (κ2) is 6.97. The SMILES string of the molecule is CO[C@H]1O[C@@H](CO)[C@@H](O)[C@@H](O)[C@H]1NC(=O)c1ccccc1. The predicted octanol–water partition coefficient (Wildman–Crippen LogP) is -1.13. The fourth-order valence-corrected chi connectivity index (χ4v) is 2.26. The van der Waals surface area contributed by atoms with Crippen molar-refractivity contribution in [1.29, 1.82) is 0 Å². The zero-order chi connectivity index (χ0) is 15.4. The Morgan fingerprint density at radius 2 is 1.95 bits per heavy atom. The number of carbonyl (C=O) groups excluding carboxylic acids is 1. The normalized spacial score (nSPS) is 32.7. The summed E-state index contributed by atoms with van der Waals surface area (Å²) in [5.74, 6) is -0.417. The van der Waals surface area contributed by atoms with Gasteiger partial charge in [-0.25, -0.2) is 0 Å². The summed E-state index contributed by atoms with van der Waals surface area (Å²) in [5, 5.41) is 31.6. The van der Waals surface area contributed by atoms with Crippen LogP contribution in [0, 0.1) is 0 Å². The highest BCUT2D eigenvalue weighted by Crippen LogP contribution is 2.22. The molecule has 116 valence electrons. The standard InChI is InChI=1S/C14H19NO6/c1-20-14-10(12(18)11(17)9(7-16)21-14)15-13(19)8-5-3-2-4-6-8/h2-6,9-12,14,16-18H,7H2,1H3,(H,15,19)/t9-,10+,11+,12-,14-/m0/s1. The zero-order valence-corrected chi connectivity index (χ0v) is 11.5. The van der Waals surface area contributed by atoms with Crippen molar-refractivity contribution in [1.82, 2.24) is 5.32 Å². The Hall–Kier alpha value is -1.51. The third-order valence-corrected chi connectivity index (χ3v) is 3.45. The van der Waals surface area contributed by atoms with Crippen LogP contribution in [0.15, 0.2) is 30.3 Å². The van der Waals surface area contributed by atoms with E-state index in [4.69, 9.17) is 14.6 Å². The Kier molecular flexibility index (Phi) is 5.27. The van der Waals surface area contributed by atoms with Crippen LogP contribution in [0.2, 0.25) is 0 Å². The van der Waals surface area contributed by atoms with Gasteiger partial charge in [-0.15, -0.1) is 0 Å². The lowest BCUT2D eigenvalue weighted by Crippen LogP contribution is -2.64. The molecule has 1 amide bonds. The third kappa shape index (κ3) is 3.39. The van der Waals surface area contributed by atoms with E-state index in [0.29, 0.717) is 5.56 Å². The number of aliphatic hydroxyl groups excluding tert-OH is 3. The van der Waals surface area contributed by atoms with Crippen molar-refractivity contribution in [3.8, 4) is 0 Å². The molecule has 7 heteroatoms. The van der Waals surface area contributed by atoms with Crippen LogP contribution in [0.3, 0.4) is 0 Å². The van der Waals surface area contributed by atoms with E-state index in [-0.39, 0.29) is 0 Å². The number of nitrogens with one attached hydrogen (secondary N) is 1. The first-order valence-electron chi connectivity index (χ1n) is 6.59. The van der Waals surface area contributed by atoms with Gasteiger partial charge in [-0.1, -0.05) is 18.2 Å². The number of hydrogen-bond acceptors (Lipinski definition) is 6. The summed E-state index contributed by atoms with van der Waals surface area (Å²) in [6.07, 6.45) is -4.56. The molecule has 1 fully saturated rings. The first-order valence-corrected chi connectivity index (χ1v) is 6.59. The van der Waals surface area contributed by atoms with E-state index in [9.17, 15) is 15.0 Å². The topological polar surface area (TPSA) is 108 Å². The Balaban J connectivity index is 2.11. The largest absolute Gasteiger partial charge is 0.394 e. The van der Waals surface area contributed by atoms with E-state index in [0.717, 1.165) is 0 Å². The van der Waals surface area contributed by atoms with Crippen molar-refractivity contribution in [2.24, 2.45) is 0 Å². The average Bonchev–Trinajstić information content (AvgIpc) is 2.53. The number of benzene rings is 1. The van der Waals surface area contributed by atoms with E-state index < -0.39 is 43.2 Å². The fourth-order valence-electron chi connectivity index (χ4n) is 2.26. The van der Waals surface area contributed by atoms with Crippen molar-refractivity contribution < 1.29 is 29.6 Å². The molecule has 0 aliphatic carbocycles. The van der Waals surface area contributed by atoms with Crippen LogP contribution in [0.1, 0.15) is 10.4 Å². The van der Waals surface area contributed by atoms with E-state index >= 15 is 0 Å². The number of amides is 1. The Morgan fingerprint density at radius 3 is 2.52 bits per heavy atom. The molecule has 5 atom stereocenters. The molecule has 0 bridgehead atoms. The molecule has 1 saturated heterocycles. The minimum absolute atomic E-state index is 0.415. The molecule has 0 radical (unpaired) electrons. The lowest BCUT2D eigenvalue weighted by Gasteiger charge is -2.41. The molecule has 0 unspecified atom stereocenters. The summed E-state index contributed by atoms with van der Waals surface area (Å²) in [4.78, 5) is 12.1. The van der Waals surface area contributed by atoms with Crippen molar-refractivity contribution in [3.05, 3.63) is 35.9 Å². The Morgan fingerprint density at radius 1 is 1.29 bits per heavy atom. The minimum atomic E-state index is -1.32. The van der Waals surface area contributed by atoms with Gasteiger partial charge in [0.1, 0.15) is 24.4 Å². The number of hydrogen-bond donors (Lipinski definition) is 4. The molecule has 2 rings (SSSR count). The van der Waals surface area contributed by atoms with Crippen molar-refractivity contribution in [2.75, 3.05) is 13.7 Å². The summed E-state index contributed by atoms with van der Waals surface area (Å²) in [6.45, 7) is -0.461. The minimum Gasteiger partial charge on any atom is -0.394 e. The molecule has 0 saturated carbocycles. The highest BCUT2D eigenvalue weighted by atomic mass is 16.7. The van der Waals surface area contributed by atoms with Crippen LogP contribution in [-0.4, -0.2) is 65.6 Å². The quantitative estimate of drug-likeness (QED) is 0.560. The van der Waals surface area contributed by atoms with Crippen LogP contribution in [0.25, 0.3) is 0 Å². The van der Waals surface area contributed by atoms with Gasteiger partial charge < -0.3 is 30.1 Å². The van der Waals surface area contributed by atoms with Gasteiger partial charge in [0, 0.05) is 12.7 Å². The summed E-state index contributed by atoms with van der Waals surface area (Å²) < 4.78 is 10.4. The first kappa shape index (κ1) is 15.9. The maximum Gasteiger partial charge on any atom is 0.251 e. The molecular weight excluding hydrogens is 278 g/mol. The molecule has 1 aliphatic rings. The lowest BCUT2D eigenvalue weighted by molar-refractivity contribution is -0.261. The van der Waals surface area contributed by atoms with E-state index in [1.807, 2.05) is 0 Å². The molecule has 1 heterocycles. The van der Waals surface area contributed by atoms with Gasteiger partial charge in [0.25, 0.3) is 5.91 Å². The van der Waals surface area contributed by atoms with Gasteiger partial charge >= 0.3 is 0 Å². The van der Waals surface area contributed by atoms with Gasteiger partial charge in [0.05, 0.1) is 6.61 Å². The van der Waals surface area contributed by atoms with Crippen LogP contribution in [0.5, 0.6) is 0 Å². The first-order chi connectivity index (χ1) is 10.1. The number of ether oxygens (including phenoxy) is 2. The number of carbonyl (C=O) groups is 1. The second-order valence-corrected chi connectivity index (χ2v) is 4.81. The van der Waals surface area contributed by atoms with Crippen molar-refractivity contribution in [3.63, 3.8) is 0 Å². The molecule has 1 aromatic carbocycles. The fraction of sp³-hybridized carbons (Fsp3) is 0.500. The third-order valence-electron chi connectivity index (χ3n) is 3.45. The van der Waals surface area contributed by atoms with Gasteiger partial charge in [-0.3, -0.25) is 4.79 Å². The molecule has 0 aromatic heterocycles. The lowest BCUT2D eigenvalue weighted by atomic mass is 9.96. The van der Waals surface area contributed by atoms with Crippen LogP contribution < -0.4 is 5.32 Å². The molecule has 4 N–H and O–H groups in total. The summed E-state index contributed by atoms with van der Waals surface area (Å²) in [6, 6.07) is 7.52. The molecule has 0 spiro atoms. The van der Waals surface area contributed by atoms with E-state index in [1.54, 1.807) is 30.3 Å². The summed E-state index contributed by atoms with van der Waals surface area (Å²) in [7, 11) is 1.35. The average molecular weight is 297 g/mol. The number of rotatable bonds is 4. The smallest absolute Gasteiger partial charge is 0.251 e. The monoisotopic (exact) mass is 297 g/mol. The van der Waals surface area contributed by atoms with Crippen LogP contribution >= 0.6 is 0 Å². The molecule has 21 heavy (non-hydrogen) atoms. The Labute approximate surface area is 122 Å². The summed E-state index contributed by atoms with van der Waals surface area (Å²) in [5.41, 5.74) is 0.415. The maximum absolute atomic E-state index is 12.1. The highest BCUT2D eigenvalue weighted by Gasteiger charge is 2.45. The van der Waals surface area contributed by atoms with E-state index in [1.165, 1.54) is 7.11 Å². The molecular formula is C14H19NO6. The van der Waals surface area contributed by atoms with Crippen LogP contribution in [-0.2, 0) is 9.47 Å². The number of aliphatic hydroxyl groups is 3. The van der Waals surface area contributed by atoms with Gasteiger partial charge in [-0.2, -0.15) is 0 Å². The van der Waals surface area contributed by atoms with E-state index in [2.05, 4.69) is 5.32 Å². The number of methoxy groups -OCH3 is 1. The van der Waals surface area contributed by atoms with Crippen LogP contribution in [0.4, 0.5) is 0 Å². The van der Waals surface area contributed by atoms with Gasteiger partial charge in [0.2, 0.25) is 0 Å². The zero-order valence-electron chi connectivity index (χ0n) is 11.5. The van der Waals surface area contributed by atoms with Crippen molar-refractivity contribution >= 4 is 5.91 Å². The second-order valence-electron chi connectivity index (χ2n) is 4.81. The predicted molar refractivity (Wildman–Crippen MR) is 72.5 cm³/mol. The molecule has 1 aliphatic heterocycles. The highest BCUT2D eigenvalue weighted by molar-refractivity contribution is 5.94. The van der Waals surface area contributed by atoms with Crippen molar-refractivity contribution in [2.45, 2.75) is 30.6 Å². The molecule has 7 nitrogen and oxygen atoms in total. The summed E-state index contributed by atoms with van der Waals surface area (Å²) >= 11 is 0. The molecule has 1 aromatic rings. The maximum atomic E-state index is 12.1.